The van der Waals surface area contributed by atoms with Crippen LogP contribution in [0.3, 0.4) is 0 Å². The average Bonchev–Trinajstić information content (AvgIpc) is 2.19. The Morgan fingerprint density at radius 3 is 2.60 bits per heavy atom. The van der Waals surface area contributed by atoms with E-state index in [-0.39, 0.29) is 11.6 Å². The van der Waals surface area contributed by atoms with Gasteiger partial charge in [-0.1, -0.05) is 0 Å². The number of hydrazine groups is 1. The molecule has 0 spiro atoms. The molecule has 1 atom stereocenters. The Kier molecular flexibility index (Phi) is 4.13. The summed E-state index contributed by atoms with van der Waals surface area (Å²) >= 11 is 0. The first-order valence-electron chi connectivity index (χ1n) is 5.44. The Balaban J connectivity index is 2.82. The first-order chi connectivity index (χ1) is 7.00. The highest BCUT2D eigenvalue weighted by atomic mass is 16.5. The SMILES string of the molecule is CN(C)C(C)(C)C(NN)C1=COCCC1. The van der Waals surface area contributed by atoms with Crippen molar-refractivity contribution >= 4 is 0 Å². The Labute approximate surface area is 92.4 Å². The summed E-state index contributed by atoms with van der Waals surface area (Å²) in [6, 6.07) is 0.132. The first kappa shape index (κ1) is 12.5. The smallest absolute Gasteiger partial charge is 0.0876 e. The van der Waals surface area contributed by atoms with Gasteiger partial charge in [0.15, 0.2) is 0 Å². The lowest BCUT2D eigenvalue weighted by molar-refractivity contribution is 0.140. The summed E-state index contributed by atoms with van der Waals surface area (Å²) in [5, 5.41) is 0. The summed E-state index contributed by atoms with van der Waals surface area (Å²) in [5.74, 6) is 5.65. The second-order valence-electron chi connectivity index (χ2n) is 4.81. The lowest BCUT2D eigenvalue weighted by Crippen LogP contribution is -2.58. The van der Waals surface area contributed by atoms with Crippen LogP contribution in [0.4, 0.5) is 0 Å². The van der Waals surface area contributed by atoms with Gasteiger partial charge in [0.2, 0.25) is 0 Å². The molecule has 1 aliphatic rings. The zero-order valence-electron chi connectivity index (χ0n) is 10.2. The van der Waals surface area contributed by atoms with E-state index in [0.29, 0.717) is 0 Å². The number of hydrogen-bond acceptors (Lipinski definition) is 4. The van der Waals surface area contributed by atoms with E-state index < -0.39 is 0 Å². The van der Waals surface area contributed by atoms with Gasteiger partial charge in [-0.15, -0.1) is 0 Å². The van der Waals surface area contributed by atoms with E-state index in [4.69, 9.17) is 10.6 Å². The molecule has 1 aliphatic heterocycles. The third-order valence-electron chi connectivity index (χ3n) is 3.36. The molecule has 1 unspecified atom stereocenters. The van der Waals surface area contributed by atoms with Gasteiger partial charge < -0.3 is 9.64 Å². The minimum atomic E-state index is -0.0265. The second kappa shape index (κ2) is 4.96. The number of rotatable bonds is 4. The van der Waals surface area contributed by atoms with Gasteiger partial charge in [-0.05, 0) is 46.4 Å². The first-order valence-corrected chi connectivity index (χ1v) is 5.44. The summed E-state index contributed by atoms with van der Waals surface area (Å²) in [7, 11) is 4.13. The molecule has 15 heavy (non-hydrogen) atoms. The third kappa shape index (κ3) is 2.71. The Morgan fingerprint density at radius 1 is 1.53 bits per heavy atom. The summed E-state index contributed by atoms with van der Waals surface area (Å²) in [6.45, 7) is 5.17. The van der Waals surface area contributed by atoms with Crippen molar-refractivity contribution < 1.29 is 4.74 Å². The fourth-order valence-corrected chi connectivity index (χ4v) is 1.82. The monoisotopic (exact) mass is 213 g/mol. The van der Waals surface area contributed by atoms with Gasteiger partial charge in [-0.25, -0.2) is 0 Å². The maximum absolute atomic E-state index is 5.65. The number of hydrogen-bond donors (Lipinski definition) is 2. The van der Waals surface area contributed by atoms with Gasteiger partial charge in [0, 0.05) is 5.54 Å². The van der Waals surface area contributed by atoms with Crippen LogP contribution in [0.5, 0.6) is 0 Å². The topological polar surface area (TPSA) is 50.5 Å². The fourth-order valence-electron chi connectivity index (χ4n) is 1.82. The number of nitrogens with zero attached hydrogens (tertiary/aromatic N) is 1. The van der Waals surface area contributed by atoms with Gasteiger partial charge in [-0.2, -0.15) is 0 Å². The standard InChI is InChI=1S/C11H23N3O/c1-11(2,14(3)4)10(13-12)9-6-5-7-15-8-9/h8,10,13H,5-7,12H2,1-4H3. The highest BCUT2D eigenvalue weighted by Gasteiger charge is 2.34. The van der Waals surface area contributed by atoms with Crippen molar-refractivity contribution in [2.45, 2.75) is 38.3 Å². The minimum Gasteiger partial charge on any atom is -0.501 e. The van der Waals surface area contributed by atoms with Crippen molar-refractivity contribution in [1.82, 2.24) is 10.3 Å². The molecule has 0 aromatic heterocycles. The van der Waals surface area contributed by atoms with Gasteiger partial charge in [0.1, 0.15) is 0 Å². The van der Waals surface area contributed by atoms with Crippen LogP contribution < -0.4 is 11.3 Å². The van der Waals surface area contributed by atoms with E-state index in [1.165, 1.54) is 5.57 Å². The van der Waals surface area contributed by atoms with E-state index in [1.807, 2.05) is 6.26 Å². The van der Waals surface area contributed by atoms with Gasteiger partial charge in [0.05, 0.1) is 18.9 Å². The van der Waals surface area contributed by atoms with Crippen molar-refractivity contribution in [2.75, 3.05) is 20.7 Å². The summed E-state index contributed by atoms with van der Waals surface area (Å²) < 4.78 is 5.36. The summed E-state index contributed by atoms with van der Waals surface area (Å²) in [5.41, 5.74) is 4.13. The lowest BCUT2D eigenvalue weighted by Gasteiger charge is -2.41. The predicted molar refractivity (Wildman–Crippen MR) is 62.1 cm³/mol. The van der Waals surface area contributed by atoms with Gasteiger partial charge in [0.25, 0.3) is 0 Å². The van der Waals surface area contributed by atoms with E-state index >= 15 is 0 Å². The van der Waals surface area contributed by atoms with Crippen LogP contribution in [0.1, 0.15) is 26.7 Å². The van der Waals surface area contributed by atoms with E-state index in [2.05, 4.69) is 38.3 Å². The molecular formula is C11H23N3O. The molecule has 1 heterocycles. The number of nitrogens with two attached hydrogens (primary N) is 1. The number of likely N-dealkylation sites (N-methyl/N-ethyl adjacent to an activating group) is 1. The van der Waals surface area contributed by atoms with Crippen molar-refractivity contribution in [1.29, 1.82) is 0 Å². The average molecular weight is 213 g/mol. The van der Waals surface area contributed by atoms with Gasteiger partial charge in [-0.3, -0.25) is 11.3 Å². The van der Waals surface area contributed by atoms with Gasteiger partial charge >= 0.3 is 0 Å². The van der Waals surface area contributed by atoms with Crippen LogP contribution in [0.15, 0.2) is 11.8 Å². The molecule has 0 aromatic rings. The van der Waals surface area contributed by atoms with Crippen LogP contribution >= 0.6 is 0 Å². The van der Waals surface area contributed by atoms with E-state index in [0.717, 1.165) is 19.4 Å². The molecule has 4 nitrogen and oxygen atoms in total. The van der Waals surface area contributed by atoms with Crippen LogP contribution in [0.2, 0.25) is 0 Å². The molecule has 0 aromatic carbocycles. The molecule has 4 heteroatoms. The summed E-state index contributed by atoms with van der Waals surface area (Å²) in [6.07, 6.45) is 4.00. The maximum Gasteiger partial charge on any atom is 0.0876 e. The Hall–Kier alpha value is -0.580. The molecule has 0 bridgehead atoms. The number of ether oxygens (including phenoxy) is 1. The predicted octanol–water partition coefficient (Wildman–Crippen LogP) is 0.853. The van der Waals surface area contributed by atoms with Crippen molar-refractivity contribution in [3.8, 4) is 0 Å². The molecule has 88 valence electrons. The number of nitrogens with one attached hydrogen (secondary N) is 1. The van der Waals surface area contributed by atoms with Crippen molar-refractivity contribution in [2.24, 2.45) is 5.84 Å². The van der Waals surface area contributed by atoms with E-state index in [1.54, 1.807) is 0 Å². The van der Waals surface area contributed by atoms with Crippen LogP contribution in [-0.2, 0) is 4.74 Å². The largest absolute Gasteiger partial charge is 0.501 e. The molecule has 0 aliphatic carbocycles. The summed E-state index contributed by atoms with van der Waals surface area (Å²) in [4.78, 5) is 2.17. The second-order valence-corrected chi connectivity index (χ2v) is 4.81. The molecule has 0 amide bonds. The molecule has 3 N–H and O–H groups in total. The molecule has 0 saturated heterocycles. The Morgan fingerprint density at radius 2 is 2.20 bits per heavy atom. The molecule has 0 fully saturated rings. The highest BCUT2D eigenvalue weighted by molar-refractivity contribution is 5.16. The van der Waals surface area contributed by atoms with Crippen molar-refractivity contribution in [3.63, 3.8) is 0 Å². The van der Waals surface area contributed by atoms with Crippen LogP contribution in [-0.4, -0.2) is 37.2 Å². The van der Waals surface area contributed by atoms with Crippen molar-refractivity contribution in [3.05, 3.63) is 11.8 Å². The quantitative estimate of drug-likeness (QED) is 0.537. The lowest BCUT2D eigenvalue weighted by atomic mass is 9.86. The minimum absolute atomic E-state index is 0.0265. The van der Waals surface area contributed by atoms with Crippen LogP contribution in [0.25, 0.3) is 0 Å². The Bertz CT molecular complexity index is 236. The molecule has 0 saturated carbocycles. The normalized spacial score (nSPS) is 19.7. The van der Waals surface area contributed by atoms with Crippen LogP contribution in [0, 0.1) is 0 Å². The highest BCUT2D eigenvalue weighted by Crippen LogP contribution is 2.26. The fraction of sp³-hybridized carbons (Fsp3) is 0.818. The third-order valence-corrected chi connectivity index (χ3v) is 3.36. The molecule has 1 rings (SSSR count). The molecule has 0 radical (unpaired) electrons. The van der Waals surface area contributed by atoms with E-state index in [9.17, 15) is 0 Å². The maximum atomic E-state index is 5.65. The zero-order valence-corrected chi connectivity index (χ0v) is 10.2. The molecular weight excluding hydrogens is 190 g/mol. The zero-order chi connectivity index (χ0) is 11.5.